The number of benzene rings is 1. The molecule has 1 heterocycles. The molecule has 2 amide bonds. The van der Waals surface area contributed by atoms with Gasteiger partial charge in [-0.05, 0) is 36.8 Å². The quantitative estimate of drug-likeness (QED) is 0.480. The van der Waals surface area contributed by atoms with Crippen molar-refractivity contribution in [3.8, 4) is 5.75 Å². The van der Waals surface area contributed by atoms with Gasteiger partial charge in [0.15, 0.2) is 5.11 Å². The number of hydrogen-bond donors (Lipinski definition) is 2. The number of methoxy groups -OCH3 is 1. The first-order chi connectivity index (χ1) is 13.4. The summed E-state index contributed by atoms with van der Waals surface area (Å²) in [4.78, 5) is 38.4. The fraction of sp³-hybridized carbons (Fsp3) is 0.444. The molecule has 8 nitrogen and oxygen atoms in total. The van der Waals surface area contributed by atoms with Crippen LogP contribution in [0.15, 0.2) is 22.7 Å². The molecule has 1 fully saturated rings. The van der Waals surface area contributed by atoms with Crippen molar-refractivity contribution in [2.45, 2.75) is 25.8 Å². The zero-order chi connectivity index (χ0) is 20.7. The molecular formula is C18H22BrN3O5S. The molecule has 2 N–H and O–H groups in total. The second-order valence-electron chi connectivity index (χ2n) is 6.03. The third kappa shape index (κ3) is 5.65. The SMILES string of the molecule is CCCOC(=O)CC1C(=O)NCCN1C(=S)NC(=O)c1cc(Br)ccc1OC. The van der Waals surface area contributed by atoms with E-state index in [1.165, 1.54) is 12.0 Å². The summed E-state index contributed by atoms with van der Waals surface area (Å²) in [5, 5.41) is 5.39. The molecule has 28 heavy (non-hydrogen) atoms. The molecule has 1 aliphatic heterocycles. The Morgan fingerprint density at radius 2 is 2.18 bits per heavy atom. The van der Waals surface area contributed by atoms with Gasteiger partial charge < -0.3 is 19.7 Å². The number of nitrogens with zero attached hydrogens (tertiary/aromatic N) is 1. The van der Waals surface area contributed by atoms with E-state index < -0.39 is 17.9 Å². The minimum Gasteiger partial charge on any atom is -0.496 e. The van der Waals surface area contributed by atoms with Crippen molar-refractivity contribution in [2.24, 2.45) is 0 Å². The lowest BCUT2D eigenvalue weighted by Gasteiger charge is -2.36. The van der Waals surface area contributed by atoms with Gasteiger partial charge in [-0.1, -0.05) is 22.9 Å². The molecule has 0 spiro atoms. The van der Waals surface area contributed by atoms with Gasteiger partial charge in [-0.2, -0.15) is 0 Å². The highest BCUT2D eigenvalue weighted by Crippen LogP contribution is 2.23. The number of ether oxygens (including phenoxy) is 2. The Morgan fingerprint density at radius 3 is 2.86 bits per heavy atom. The molecule has 0 aromatic heterocycles. The summed E-state index contributed by atoms with van der Waals surface area (Å²) in [6.07, 6.45) is 0.539. The van der Waals surface area contributed by atoms with Gasteiger partial charge in [0.2, 0.25) is 5.91 Å². The number of thiocarbonyl (C=S) groups is 1. The van der Waals surface area contributed by atoms with Crippen molar-refractivity contribution in [3.63, 3.8) is 0 Å². The van der Waals surface area contributed by atoms with Crippen molar-refractivity contribution in [1.29, 1.82) is 0 Å². The second-order valence-corrected chi connectivity index (χ2v) is 7.33. The molecule has 0 saturated carbocycles. The number of halogens is 1. The van der Waals surface area contributed by atoms with E-state index in [1.807, 2.05) is 6.92 Å². The first kappa shape index (κ1) is 22.1. The zero-order valence-electron chi connectivity index (χ0n) is 15.6. The lowest BCUT2D eigenvalue weighted by atomic mass is 10.1. The van der Waals surface area contributed by atoms with E-state index in [0.29, 0.717) is 35.3 Å². The lowest BCUT2D eigenvalue weighted by molar-refractivity contribution is -0.147. The highest BCUT2D eigenvalue weighted by molar-refractivity contribution is 9.10. The second kappa shape index (κ2) is 10.4. The number of nitrogens with one attached hydrogen (secondary N) is 2. The highest BCUT2D eigenvalue weighted by Gasteiger charge is 2.34. The van der Waals surface area contributed by atoms with Gasteiger partial charge in [-0.3, -0.25) is 19.7 Å². The minimum absolute atomic E-state index is 0.0650. The molecule has 1 aromatic rings. The van der Waals surface area contributed by atoms with E-state index in [2.05, 4.69) is 26.6 Å². The Kier molecular flexibility index (Phi) is 8.18. The van der Waals surface area contributed by atoms with Crippen LogP contribution in [-0.2, 0) is 14.3 Å². The summed E-state index contributed by atoms with van der Waals surface area (Å²) in [7, 11) is 1.46. The Labute approximate surface area is 177 Å². The molecule has 1 unspecified atom stereocenters. The largest absolute Gasteiger partial charge is 0.496 e. The van der Waals surface area contributed by atoms with Crippen molar-refractivity contribution in [1.82, 2.24) is 15.5 Å². The van der Waals surface area contributed by atoms with Crippen LogP contribution in [0.1, 0.15) is 30.1 Å². The number of rotatable bonds is 6. The predicted octanol–water partition coefficient (Wildman–Crippen LogP) is 1.62. The molecule has 1 saturated heterocycles. The van der Waals surface area contributed by atoms with Crippen molar-refractivity contribution < 1.29 is 23.9 Å². The molecular weight excluding hydrogens is 450 g/mol. The maximum atomic E-state index is 12.7. The normalized spacial score (nSPS) is 16.2. The molecule has 1 aliphatic rings. The molecule has 2 rings (SSSR count). The number of amides is 2. The summed E-state index contributed by atoms with van der Waals surface area (Å²) in [6, 6.07) is 4.18. The van der Waals surface area contributed by atoms with E-state index in [4.69, 9.17) is 21.7 Å². The first-order valence-electron chi connectivity index (χ1n) is 8.76. The average molecular weight is 472 g/mol. The van der Waals surface area contributed by atoms with Crippen molar-refractivity contribution in [2.75, 3.05) is 26.8 Å². The third-order valence-corrected chi connectivity index (χ3v) is 4.88. The van der Waals surface area contributed by atoms with E-state index in [1.54, 1.807) is 18.2 Å². The number of carbonyl (C=O) groups excluding carboxylic acids is 3. The Balaban J connectivity index is 2.12. The monoisotopic (exact) mass is 471 g/mol. The van der Waals surface area contributed by atoms with Gasteiger partial charge in [-0.15, -0.1) is 0 Å². The minimum atomic E-state index is -0.838. The highest BCUT2D eigenvalue weighted by atomic mass is 79.9. The molecule has 152 valence electrons. The van der Waals surface area contributed by atoms with Gasteiger partial charge in [-0.25, -0.2) is 0 Å². The predicted molar refractivity (Wildman–Crippen MR) is 110 cm³/mol. The molecule has 0 bridgehead atoms. The van der Waals surface area contributed by atoms with Crippen molar-refractivity contribution >= 4 is 51.0 Å². The maximum Gasteiger partial charge on any atom is 0.308 e. The third-order valence-electron chi connectivity index (χ3n) is 4.05. The zero-order valence-corrected chi connectivity index (χ0v) is 18.0. The van der Waals surface area contributed by atoms with Crippen LogP contribution in [0, 0.1) is 0 Å². The first-order valence-corrected chi connectivity index (χ1v) is 9.96. The summed E-state index contributed by atoms with van der Waals surface area (Å²) in [5.74, 6) is -0.908. The Bertz CT molecular complexity index is 774. The Morgan fingerprint density at radius 1 is 1.43 bits per heavy atom. The molecule has 10 heteroatoms. The van der Waals surface area contributed by atoms with Gasteiger partial charge in [0, 0.05) is 17.6 Å². The summed E-state index contributed by atoms with van der Waals surface area (Å²) >= 11 is 8.66. The van der Waals surface area contributed by atoms with E-state index >= 15 is 0 Å². The molecule has 1 atom stereocenters. The molecule has 0 aliphatic carbocycles. The molecule has 1 aromatic carbocycles. The summed E-state index contributed by atoms with van der Waals surface area (Å²) in [5.41, 5.74) is 0.291. The topological polar surface area (TPSA) is 97.0 Å². The van der Waals surface area contributed by atoms with E-state index in [0.717, 1.165) is 0 Å². The fourth-order valence-electron chi connectivity index (χ4n) is 2.69. The fourth-order valence-corrected chi connectivity index (χ4v) is 3.36. The Hall–Kier alpha value is -2.20. The molecule has 0 radical (unpaired) electrons. The summed E-state index contributed by atoms with van der Waals surface area (Å²) < 4.78 is 11.0. The van der Waals surface area contributed by atoms with Crippen LogP contribution in [-0.4, -0.2) is 60.6 Å². The van der Waals surface area contributed by atoms with Crippen LogP contribution in [0.4, 0.5) is 0 Å². The number of piperazine rings is 1. The van der Waals surface area contributed by atoms with Gasteiger partial charge in [0.1, 0.15) is 11.8 Å². The summed E-state index contributed by atoms with van der Waals surface area (Å²) in [6.45, 7) is 2.90. The van der Waals surface area contributed by atoms with Crippen LogP contribution in [0.25, 0.3) is 0 Å². The number of esters is 1. The van der Waals surface area contributed by atoms with Gasteiger partial charge in [0.05, 0.1) is 25.7 Å². The lowest BCUT2D eigenvalue weighted by Crippen LogP contribution is -2.60. The van der Waals surface area contributed by atoms with Crippen LogP contribution in [0.2, 0.25) is 0 Å². The number of carbonyl (C=O) groups is 3. The standard InChI is InChI=1S/C18H22BrN3O5S/c1-3-8-27-15(23)10-13-17(25)20-6-7-22(13)18(28)21-16(24)12-9-11(19)4-5-14(12)26-2/h4-5,9,13H,3,6-8,10H2,1-2H3,(H,20,25)(H,21,24,28). The van der Waals surface area contributed by atoms with E-state index in [-0.39, 0.29) is 24.0 Å². The van der Waals surface area contributed by atoms with Crippen molar-refractivity contribution in [3.05, 3.63) is 28.2 Å². The maximum absolute atomic E-state index is 12.7. The van der Waals surface area contributed by atoms with E-state index in [9.17, 15) is 14.4 Å². The smallest absolute Gasteiger partial charge is 0.308 e. The van der Waals surface area contributed by atoms with Gasteiger partial charge in [0.25, 0.3) is 5.91 Å². The van der Waals surface area contributed by atoms with Crippen LogP contribution >= 0.6 is 28.1 Å². The van der Waals surface area contributed by atoms with Crippen LogP contribution in [0.5, 0.6) is 5.75 Å². The van der Waals surface area contributed by atoms with Crippen LogP contribution < -0.4 is 15.4 Å². The number of hydrogen-bond acceptors (Lipinski definition) is 6. The van der Waals surface area contributed by atoms with Gasteiger partial charge >= 0.3 is 5.97 Å². The average Bonchev–Trinajstić information content (AvgIpc) is 2.67. The van der Waals surface area contributed by atoms with Crippen LogP contribution in [0.3, 0.4) is 0 Å².